The second-order valence-electron chi connectivity index (χ2n) is 5.88. The van der Waals surface area contributed by atoms with Gasteiger partial charge in [-0.15, -0.1) is 0 Å². The van der Waals surface area contributed by atoms with Gasteiger partial charge in [0.15, 0.2) is 0 Å². The van der Waals surface area contributed by atoms with Crippen LogP contribution in [0.5, 0.6) is 0 Å². The summed E-state index contributed by atoms with van der Waals surface area (Å²) in [5.41, 5.74) is -0.206. The summed E-state index contributed by atoms with van der Waals surface area (Å²) in [6.07, 6.45) is 11.5. The van der Waals surface area contributed by atoms with Crippen LogP contribution < -0.4 is 5.32 Å². The van der Waals surface area contributed by atoms with E-state index >= 15 is 0 Å². The minimum absolute atomic E-state index is 0.206. The fraction of sp³-hybridized carbons (Fsp3) is 0.933. The van der Waals surface area contributed by atoms with E-state index in [1.54, 1.807) is 0 Å². The number of nitrogens with one attached hydrogen (secondary N) is 1. The minimum Gasteiger partial charge on any atom is -0.299 e. The van der Waals surface area contributed by atoms with E-state index in [1.165, 1.54) is 38.5 Å². The van der Waals surface area contributed by atoms with Crippen LogP contribution in [0.2, 0.25) is 0 Å². The molecular weight excluding hydrogens is 240 g/mol. The average molecular weight is 266 g/mol. The Morgan fingerprint density at radius 2 is 2.00 bits per heavy atom. The molecule has 0 aromatic heterocycles. The number of nitrogens with zero attached hydrogens (tertiary/aromatic N) is 1. The molecule has 2 nitrogen and oxygen atoms in total. The number of thioether (sulfide) groups is 1. The molecule has 0 aromatic rings. The summed E-state index contributed by atoms with van der Waals surface area (Å²) in [6.45, 7) is 3.15. The van der Waals surface area contributed by atoms with Gasteiger partial charge in [0, 0.05) is 10.5 Å². The average Bonchev–Trinajstić information content (AvgIpc) is 2.82. The Hall–Kier alpha value is -0.200. The van der Waals surface area contributed by atoms with Crippen LogP contribution in [-0.4, -0.2) is 22.6 Å². The van der Waals surface area contributed by atoms with Gasteiger partial charge < -0.3 is 0 Å². The van der Waals surface area contributed by atoms with Gasteiger partial charge in [-0.1, -0.05) is 26.2 Å². The molecule has 0 radical (unpaired) electrons. The molecule has 0 aliphatic heterocycles. The monoisotopic (exact) mass is 266 g/mol. The highest BCUT2D eigenvalue weighted by Crippen LogP contribution is 2.41. The standard InChI is InChI=1S/C15H26N2S/c1-2-10-17-15(12-16)9-8-14(11-15)18-13-6-4-3-5-7-13/h13-14,17H,2-11H2,1H3. The fourth-order valence-corrected chi connectivity index (χ4v) is 5.04. The molecule has 1 N–H and O–H groups in total. The van der Waals surface area contributed by atoms with Crippen LogP contribution in [0.25, 0.3) is 0 Å². The van der Waals surface area contributed by atoms with E-state index in [0.717, 1.165) is 36.3 Å². The summed E-state index contributed by atoms with van der Waals surface area (Å²) in [7, 11) is 0. The highest BCUT2D eigenvalue weighted by Gasteiger charge is 2.39. The van der Waals surface area contributed by atoms with Crippen molar-refractivity contribution in [3.05, 3.63) is 0 Å². The van der Waals surface area contributed by atoms with Crippen molar-refractivity contribution >= 4 is 11.8 Å². The van der Waals surface area contributed by atoms with Crippen molar-refractivity contribution in [2.24, 2.45) is 0 Å². The van der Waals surface area contributed by atoms with Crippen LogP contribution in [0.3, 0.4) is 0 Å². The predicted octanol–water partition coefficient (Wildman–Crippen LogP) is 3.87. The smallest absolute Gasteiger partial charge is 0.107 e. The summed E-state index contributed by atoms with van der Waals surface area (Å²) in [5.74, 6) is 0. The molecule has 2 atom stereocenters. The topological polar surface area (TPSA) is 35.8 Å². The zero-order valence-corrected chi connectivity index (χ0v) is 12.4. The number of hydrogen-bond donors (Lipinski definition) is 1. The van der Waals surface area contributed by atoms with Crippen molar-refractivity contribution in [2.45, 2.75) is 80.7 Å². The summed E-state index contributed by atoms with van der Waals surface area (Å²) >= 11 is 2.19. The third-order valence-electron chi connectivity index (χ3n) is 4.33. The first kappa shape index (κ1) is 14.2. The Balaban J connectivity index is 1.80. The lowest BCUT2D eigenvalue weighted by atomic mass is 10.00. The van der Waals surface area contributed by atoms with Crippen LogP contribution >= 0.6 is 11.8 Å². The third kappa shape index (κ3) is 3.65. The minimum atomic E-state index is -0.206. The molecule has 2 rings (SSSR count). The first-order chi connectivity index (χ1) is 8.78. The number of hydrogen-bond acceptors (Lipinski definition) is 3. The largest absolute Gasteiger partial charge is 0.299 e. The van der Waals surface area contributed by atoms with Crippen molar-refractivity contribution in [2.75, 3.05) is 6.54 Å². The molecule has 3 heteroatoms. The Morgan fingerprint density at radius 3 is 2.67 bits per heavy atom. The number of nitriles is 1. The quantitative estimate of drug-likeness (QED) is 0.820. The maximum atomic E-state index is 9.45. The van der Waals surface area contributed by atoms with E-state index in [9.17, 15) is 5.26 Å². The van der Waals surface area contributed by atoms with Crippen molar-refractivity contribution in [3.63, 3.8) is 0 Å². The van der Waals surface area contributed by atoms with Gasteiger partial charge in [-0.2, -0.15) is 17.0 Å². The molecule has 0 heterocycles. The van der Waals surface area contributed by atoms with E-state index in [-0.39, 0.29) is 5.54 Å². The molecule has 2 unspecified atom stereocenters. The zero-order chi connectivity index (χ0) is 12.8. The van der Waals surface area contributed by atoms with E-state index in [0.29, 0.717) is 0 Å². The lowest BCUT2D eigenvalue weighted by molar-refractivity contribution is 0.424. The molecule has 102 valence electrons. The zero-order valence-electron chi connectivity index (χ0n) is 11.6. The Labute approximate surface area is 116 Å². The molecule has 18 heavy (non-hydrogen) atoms. The van der Waals surface area contributed by atoms with E-state index < -0.39 is 0 Å². The lowest BCUT2D eigenvalue weighted by Crippen LogP contribution is -2.42. The summed E-state index contributed by atoms with van der Waals surface area (Å²) in [4.78, 5) is 0. The van der Waals surface area contributed by atoms with Crippen molar-refractivity contribution in [1.29, 1.82) is 5.26 Å². The Kier molecular flexibility index (Phi) is 5.38. The highest BCUT2D eigenvalue weighted by atomic mass is 32.2. The SMILES string of the molecule is CCCNC1(C#N)CCC(SC2CCCCC2)C1. The molecule has 2 aliphatic rings. The molecule has 0 amide bonds. The normalized spacial score (nSPS) is 33.4. The Bertz CT molecular complexity index is 293. The van der Waals surface area contributed by atoms with Crippen LogP contribution in [0.15, 0.2) is 0 Å². The van der Waals surface area contributed by atoms with E-state index in [2.05, 4.69) is 30.1 Å². The first-order valence-electron chi connectivity index (χ1n) is 7.60. The summed E-state index contributed by atoms with van der Waals surface area (Å²) in [5, 5.41) is 14.5. The predicted molar refractivity (Wildman–Crippen MR) is 78.7 cm³/mol. The van der Waals surface area contributed by atoms with Crippen LogP contribution in [0.4, 0.5) is 0 Å². The van der Waals surface area contributed by atoms with E-state index in [1.807, 2.05) is 0 Å². The summed E-state index contributed by atoms with van der Waals surface area (Å²) < 4.78 is 0. The van der Waals surface area contributed by atoms with Gasteiger partial charge in [0.25, 0.3) is 0 Å². The van der Waals surface area contributed by atoms with Gasteiger partial charge in [0.1, 0.15) is 5.54 Å². The molecule has 2 aliphatic carbocycles. The van der Waals surface area contributed by atoms with Crippen LogP contribution in [0, 0.1) is 11.3 Å². The molecule has 0 aromatic carbocycles. The van der Waals surface area contributed by atoms with Gasteiger partial charge >= 0.3 is 0 Å². The Morgan fingerprint density at radius 1 is 1.22 bits per heavy atom. The van der Waals surface area contributed by atoms with Crippen LogP contribution in [-0.2, 0) is 0 Å². The molecule has 2 fully saturated rings. The van der Waals surface area contributed by atoms with Gasteiger partial charge in [-0.05, 0) is 45.1 Å². The fourth-order valence-electron chi connectivity index (χ4n) is 3.26. The maximum absolute atomic E-state index is 9.45. The molecule has 0 spiro atoms. The molecule has 0 bridgehead atoms. The van der Waals surface area contributed by atoms with Gasteiger partial charge in [-0.25, -0.2) is 0 Å². The molecule has 2 saturated carbocycles. The van der Waals surface area contributed by atoms with Crippen molar-refractivity contribution in [3.8, 4) is 6.07 Å². The maximum Gasteiger partial charge on any atom is 0.107 e. The third-order valence-corrected chi connectivity index (χ3v) is 5.98. The van der Waals surface area contributed by atoms with Gasteiger partial charge in [0.05, 0.1) is 6.07 Å². The van der Waals surface area contributed by atoms with Gasteiger partial charge in [-0.3, -0.25) is 5.32 Å². The second kappa shape index (κ2) is 6.82. The molecular formula is C15H26N2S. The highest BCUT2D eigenvalue weighted by molar-refractivity contribution is 8.00. The molecule has 0 saturated heterocycles. The summed E-state index contributed by atoms with van der Waals surface area (Å²) in [6, 6.07) is 2.56. The first-order valence-corrected chi connectivity index (χ1v) is 8.54. The van der Waals surface area contributed by atoms with E-state index in [4.69, 9.17) is 0 Å². The van der Waals surface area contributed by atoms with Crippen molar-refractivity contribution in [1.82, 2.24) is 5.32 Å². The number of rotatable bonds is 5. The van der Waals surface area contributed by atoms with Crippen LogP contribution in [0.1, 0.15) is 64.7 Å². The lowest BCUT2D eigenvalue weighted by Gasteiger charge is -2.26. The second-order valence-corrected chi connectivity index (χ2v) is 7.49. The van der Waals surface area contributed by atoms with Gasteiger partial charge in [0.2, 0.25) is 0 Å². The van der Waals surface area contributed by atoms with Crippen molar-refractivity contribution < 1.29 is 0 Å².